The third kappa shape index (κ3) is 1.13. The summed E-state index contributed by atoms with van der Waals surface area (Å²) in [4.78, 5) is 6.32. The van der Waals surface area contributed by atoms with Crippen LogP contribution in [-0.4, -0.2) is 12.1 Å². The Morgan fingerprint density at radius 2 is 1.78 bits per heavy atom. The maximum atomic E-state index is 6.32. The van der Waals surface area contributed by atoms with Crippen LogP contribution in [0.5, 0.6) is 0 Å². The van der Waals surface area contributed by atoms with Gasteiger partial charge in [-0.3, -0.25) is 9.90 Å². The summed E-state index contributed by atoms with van der Waals surface area (Å²) >= 11 is 0. The fourth-order valence-electron chi connectivity index (χ4n) is 5.41. The van der Waals surface area contributed by atoms with E-state index in [1.165, 1.54) is 31.4 Å². The monoisotopic (exact) mass is 241 g/mol. The van der Waals surface area contributed by atoms with Crippen LogP contribution in [0.25, 0.3) is 0 Å². The molecule has 1 heterocycles. The molecule has 6 atom stereocenters. The van der Waals surface area contributed by atoms with E-state index in [0.717, 1.165) is 23.7 Å². The summed E-state index contributed by atoms with van der Waals surface area (Å²) in [6, 6.07) is 11.4. The Kier molecular flexibility index (Phi) is 1.80. The molecule has 3 bridgehead atoms. The average molecular weight is 241 g/mol. The lowest BCUT2D eigenvalue weighted by molar-refractivity contribution is -0.0121. The van der Waals surface area contributed by atoms with E-state index in [-0.39, 0.29) is 0 Å². The van der Waals surface area contributed by atoms with Gasteiger partial charge in [0.2, 0.25) is 0 Å². The maximum absolute atomic E-state index is 6.32. The summed E-state index contributed by atoms with van der Waals surface area (Å²) < 4.78 is 0. The van der Waals surface area contributed by atoms with Gasteiger partial charge in [-0.2, -0.15) is 0 Å². The smallest absolute Gasteiger partial charge is 0.0910 e. The van der Waals surface area contributed by atoms with Gasteiger partial charge in [-0.25, -0.2) is 0 Å². The van der Waals surface area contributed by atoms with Gasteiger partial charge >= 0.3 is 0 Å². The molecule has 1 aliphatic heterocycles. The lowest BCUT2D eigenvalue weighted by Crippen LogP contribution is -2.36. The highest BCUT2D eigenvalue weighted by molar-refractivity contribution is 5.46. The summed E-state index contributed by atoms with van der Waals surface area (Å²) in [5.74, 6) is 3.66. The van der Waals surface area contributed by atoms with Crippen LogP contribution >= 0.6 is 0 Å². The standard InChI is InChI=1S/C16H19NO/c1-2-4-13(5-3-1)17-16-12-7-10-6-11(9-12)15(16)14(8-10)18-17/h1-5,10-12,14-16H,6-9H2. The zero-order valence-electron chi connectivity index (χ0n) is 10.5. The molecule has 3 aliphatic carbocycles. The minimum absolute atomic E-state index is 0.520. The molecule has 0 N–H and O–H groups in total. The number of anilines is 1. The Morgan fingerprint density at radius 1 is 0.944 bits per heavy atom. The highest BCUT2D eigenvalue weighted by Crippen LogP contribution is 2.60. The van der Waals surface area contributed by atoms with Crippen molar-refractivity contribution in [2.45, 2.75) is 37.8 Å². The summed E-state index contributed by atoms with van der Waals surface area (Å²) in [6.45, 7) is 0. The first-order chi connectivity index (χ1) is 8.90. The van der Waals surface area contributed by atoms with E-state index in [0.29, 0.717) is 12.1 Å². The van der Waals surface area contributed by atoms with Crippen molar-refractivity contribution in [2.75, 3.05) is 5.06 Å². The molecule has 2 nitrogen and oxygen atoms in total. The molecule has 0 radical (unpaired) electrons. The van der Waals surface area contributed by atoms with Gasteiger partial charge in [0, 0.05) is 5.92 Å². The van der Waals surface area contributed by atoms with Gasteiger partial charge in [-0.05, 0) is 55.6 Å². The van der Waals surface area contributed by atoms with E-state index in [9.17, 15) is 0 Å². The molecule has 1 aromatic rings. The summed E-state index contributed by atoms with van der Waals surface area (Å²) in [6.07, 6.45) is 6.25. The van der Waals surface area contributed by atoms with Crippen LogP contribution < -0.4 is 5.06 Å². The van der Waals surface area contributed by atoms with Gasteiger partial charge in [-0.15, -0.1) is 0 Å². The first-order valence-corrected chi connectivity index (χ1v) is 7.41. The van der Waals surface area contributed by atoms with Gasteiger partial charge in [-0.1, -0.05) is 18.2 Å². The quantitative estimate of drug-likeness (QED) is 0.748. The van der Waals surface area contributed by atoms with Crippen molar-refractivity contribution in [3.05, 3.63) is 30.3 Å². The number of para-hydroxylation sites is 1. The number of hydrogen-bond acceptors (Lipinski definition) is 2. The number of rotatable bonds is 1. The second-order valence-corrected chi connectivity index (χ2v) is 6.70. The van der Waals surface area contributed by atoms with Gasteiger partial charge in [0.15, 0.2) is 0 Å². The number of fused-ring (bicyclic) bond motifs is 3. The Labute approximate surface area is 108 Å². The van der Waals surface area contributed by atoms with Crippen molar-refractivity contribution >= 4 is 5.69 Å². The molecule has 2 heteroatoms. The molecule has 5 rings (SSSR count). The molecule has 4 fully saturated rings. The van der Waals surface area contributed by atoms with Crippen LogP contribution in [0.2, 0.25) is 0 Å². The van der Waals surface area contributed by atoms with Crippen LogP contribution in [0.1, 0.15) is 25.7 Å². The van der Waals surface area contributed by atoms with Crippen LogP contribution in [0.15, 0.2) is 30.3 Å². The summed E-state index contributed by atoms with van der Waals surface area (Å²) in [5.41, 5.74) is 1.26. The Morgan fingerprint density at radius 3 is 2.67 bits per heavy atom. The topological polar surface area (TPSA) is 12.5 Å². The fourth-order valence-corrected chi connectivity index (χ4v) is 5.41. The Balaban J connectivity index is 1.58. The average Bonchev–Trinajstić information content (AvgIpc) is 2.86. The molecule has 0 aromatic heterocycles. The number of hydrogen-bond donors (Lipinski definition) is 0. The SMILES string of the molecule is c1ccc(N2OC3CC4CC5CC(C4)C2C53)cc1. The van der Waals surface area contributed by atoms with Gasteiger partial charge < -0.3 is 0 Å². The van der Waals surface area contributed by atoms with E-state index < -0.39 is 0 Å². The van der Waals surface area contributed by atoms with Gasteiger partial charge in [0.25, 0.3) is 0 Å². The van der Waals surface area contributed by atoms with Crippen LogP contribution in [-0.2, 0) is 4.84 Å². The minimum atomic E-state index is 0.520. The first-order valence-electron chi connectivity index (χ1n) is 7.41. The zero-order valence-corrected chi connectivity index (χ0v) is 10.5. The second-order valence-electron chi connectivity index (χ2n) is 6.70. The lowest BCUT2D eigenvalue weighted by atomic mass is 9.71. The molecule has 6 unspecified atom stereocenters. The van der Waals surface area contributed by atoms with Crippen molar-refractivity contribution in [3.63, 3.8) is 0 Å². The second kappa shape index (κ2) is 3.30. The van der Waals surface area contributed by atoms with Crippen LogP contribution in [0, 0.1) is 23.7 Å². The van der Waals surface area contributed by atoms with Crippen LogP contribution in [0.4, 0.5) is 5.69 Å². The van der Waals surface area contributed by atoms with E-state index in [1.807, 2.05) is 0 Å². The summed E-state index contributed by atoms with van der Waals surface area (Å²) in [7, 11) is 0. The lowest BCUT2D eigenvalue weighted by Gasteiger charge is -2.38. The fraction of sp³-hybridized carbons (Fsp3) is 0.625. The maximum Gasteiger partial charge on any atom is 0.0910 e. The van der Waals surface area contributed by atoms with Crippen molar-refractivity contribution in [3.8, 4) is 0 Å². The van der Waals surface area contributed by atoms with Crippen molar-refractivity contribution in [1.29, 1.82) is 0 Å². The predicted molar refractivity (Wildman–Crippen MR) is 70.0 cm³/mol. The number of nitrogens with zero attached hydrogens (tertiary/aromatic N) is 1. The normalized spacial score (nSPS) is 47.9. The molecule has 3 saturated carbocycles. The molecular formula is C16H19NO. The molecule has 0 spiro atoms. The third-order valence-corrected chi connectivity index (χ3v) is 5.82. The minimum Gasteiger partial charge on any atom is -0.269 e. The molecule has 94 valence electrons. The molecular weight excluding hydrogens is 222 g/mol. The largest absolute Gasteiger partial charge is 0.269 e. The molecule has 18 heavy (non-hydrogen) atoms. The third-order valence-electron chi connectivity index (χ3n) is 5.82. The number of hydroxylamine groups is 1. The van der Waals surface area contributed by atoms with Crippen molar-refractivity contribution in [2.24, 2.45) is 23.7 Å². The van der Waals surface area contributed by atoms with E-state index in [2.05, 4.69) is 35.4 Å². The highest BCUT2D eigenvalue weighted by Gasteiger charge is 2.61. The molecule has 0 amide bonds. The van der Waals surface area contributed by atoms with E-state index in [1.54, 1.807) is 0 Å². The van der Waals surface area contributed by atoms with Crippen LogP contribution in [0.3, 0.4) is 0 Å². The predicted octanol–water partition coefficient (Wildman–Crippen LogP) is 3.24. The molecule has 4 aliphatic rings. The van der Waals surface area contributed by atoms with Crippen molar-refractivity contribution in [1.82, 2.24) is 0 Å². The molecule has 1 saturated heterocycles. The van der Waals surface area contributed by atoms with Crippen molar-refractivity contribution < 1.29 is 4.84 Å². The number of benzene rings is 1. The van der Waals surface area contributed by atoms with Gasteiger partial charge in [0.1, 0.15) is 0 Å². The highest BCUT2D eigenvalue weighted by atomic mass is 16.7. The van der Waals surface area contributed by atoms with Gasteiger partial charge in [0.05, 0.1) is 17.8 Å². The zero-order chi connectivity index (χ0) is 11.7. The first kappa shape index (κ1) is 9.85. The molecule has 1 aromatic carbocycles. The summed E-state index contributed by atoms with van der Waals surface area (Å²) in [5, 5.41) is 2.28. The van der Waals surface area contributed by atoms with E-state index in [4.69, 9.17) is 4.84 Å². The Bertz CT molecular complexity index is 469. The Hall–Kier alpha value is -1.02. The van der Waals surface area contributed by atoms with E-state index >= 15 is 0 Å².